The second-order valence-corrected chi connectivity index (χ2v) is 10.9. The fraction of sp³-hybridized carbons (Fsp3) is 0.200. The van der Waals surface area contributed by atoms with E-state index in [2.05, 4.69) is 71.7 Å². The minimum Gasteiger partial charge on any atom is -0.348 e. The van der Waals surface area contributed by atoms with Crippen LogP contribution in [0.15, 0.2) is 91.0 Å². The summed E-state index contributed by atoms with van der Waals surface area (Å²) >= 11 is 0. The molecule has 0 saturated carbocycles. The molecule has 3 heterocycles. The molecule has 1 aliphatic rings. The predicted octanol–water partition coefficient (Wildman–Crippen LogP) is 7.19. The van der Waals surface area contributed by atoms with Crippen LogP contribution in [0.4, 0.5) is 5.69 Å². The van der Waals surface area contributed by atoms with Crippen LogP contribution < -0.4 is 5.32 Å². The molecular weight excluding hydrogens is 508 g/mol. The van der Waals surface area contributed by atoms with Gasteiger partial charge in [0.25, 0.3) is 5.91 Å². The topological polar surface area (TPSA) is 59.3 Å². The van der Waals surface area contributed by atoms with Gasteiger partial charge in [0.05, 0.1) is 6.04 Å². The minimum absolute atomic E-state index is 0.123. The number of carbonyl (C=O) groups excluding carboxylic acids is 2. The Bertz CT molecular complexity index is 2010. The van der Waals surface area contributed by atoms with Gasteiger partial charge in [-0.25, -0.2) is 0 Å². The summed E-state index contributed by atoms with van der Waals surface area (Å²) in [4.78, 5) is 29.6. The maximum atomic E-state index is 13.9. The summed E-state index contributed by atoms with van der Waals surface area (Å²) in [5, 5.41) is 6.48. The van der Waals surface area contributed by atoms with Crippen molar-refractivity contribution in [3.63, 3.8) is 0 Å². The van der Waals surface area contributed by atoms with Crippen molar-refractivity contribution >= 4 is 50.2 Å². The lowest BCUT2D eigenvalue weighted by atomic mass is 9.95. The first-order chi connectivity index (χ1) is 19.9. The summed E-state index contributed by atoms with van der Waals surface area (Å²) in [5.41, 5.74) is 7.87. The lowest BCUT2D eigenvalue weighted by Crippen LogP contribution is -2.44. The van der Waals surface area contributed by atoms with Crippen LogP contribution >= 0.6 is 0 Å². The van der Waals surface area contributed by atoms with E-state index < -0.39 is 6.04 Å². The summed E-state index contributed by atoms with van der Waals surface area (Å²) in [6, 6.07) is 29.3. The number of nitrogens with one attached hydrogen (secondary N) is 1. The summed E-state index contributed by atoms with van der Waals surface area (Å²) in [6.07, 6.45) is 0. The third kappa shape index (κ3) is 3.63. The van der Waals surface area contributed by atoms with E-state index in [-0.39, 0.29) is 17.9 Å². The first-order valence-electron chi connectivity index (χ1n) is 14.2. The Kier molecular flexibility index (Phi) is 5.75. The number of carbonyl (C=O) groups is 2. The molecule has 0 fully saturated rings. The van der Waals surface area contributed by atoms with Crippen molar-refractivity contribution < 1.29 is 9.59 Å². The highest BCUT2D eigenvalue weighted by molar-refractivity contribution is 6.10. The van der Waals surface area contributed by atoms with Gasteiger partial charge in [-0.15, -0.1) is 0 Å². The first-order valence-corrected chi connectivity index (χ1v) is 14.2. The molecule has 6 aromatic rings. The molecule has 41 heavy (non-hydrogen) atoms. The van der Waals surface area contributed by atoms with E-state index >= 15 is 0 Å². The highest BCUT2D eigenvalue weighted by Crippen LogP contribution is 2.44. The van der Waals surface area contributed by atoms with Gasteiger partial charge in [-0.2, -0.15) is 0 Å². The second kappa shape index (κ2) is 9.37. The van der Waals surface area contributed by atoms with Crippen LogP contribution in [0, 0.1) is 6.92 Å². The summed E-state index contributed by atoms with van der Waals surface area (Å²) < 4.78 is 4.46. The molecule has 7 rings (SSSR count). The van der Waals surface area contributed by atoms with Gasteiger partial charge in [-0.3, -0.25) is 9.59 Å². The molecule has 6 heteroatoms. The highest BCUT2D eigenvalue weighted by Gasteiger charge is 2.44. The number of para-hydroxylation sites is 2. The van der Waals surface area contributed by atoms with E-state index in [0.717, 1.165) is 56.2 Å². The zero-order valence-corrected chi connectivity index (χ0v) is 23.7. The Labute approximate surface area is 238 Å². The van der Waals surface area contributed by atoms with Crippen molar-refractivity contribution in [1.82, 2.24) is 14.0 Å². The standard InChI is InChI=1S/C35H32N4O2/c1-5-38-30-17-11-8-12-24(30)28-20-23(18-19-31(28)38)36-34(40)22(3)39-33(25-13-6-7-14-26(25)35(39)41)32-21(2)37(4)29-16-10-9-15-27(29)32/h6-20,22,33H,5H2,1-4H3,(H,36,40). The number of hydrogen-bond acceptors (Lipinski definition) is 2. The molecule has 2 amide bonds. The molecule has 1 N–H and O–H groups in total. The number of amides is 2. The fourth-order valence-corrected chi connectivity index (χ4v) is 6.77. The smallest absolute Gasteiger partial charge is 0.255 e. The fourth-order valence-electron chi connectivity index (χ4n) is 6.77. The van der Waals surface area contributed by atoms with Gasteiger partial charge >= 0.3 is 0 Å². The van der Waals surface area contributed by atoms with E-state index in [1.165, 1.54) is 5.52 Å². The van der Waals surface area contributed by atoms with Gasteiger partial charge in [0.15, 0.2) is 0 Å². The van der Waals surface area contributed by atoms with Crippen LogP contribution in [-0.4, -0.2) is 31.9 Å². The third-order valence-electron chi connectivity index (χ3n) is 8.87. The molecule has 4 aromatic carbocycles. The molecule has 1 aliphatic heterocycles. The zero-order chi connectivity index (χ0) is 28.4. The van der Waals surface area contributed by atoms with Crippen molar-refractivity contribution in [1.29, 1.82) is 0 Å². The van der Waals surface area contributed by atoms with Crippen molar-refractivity contribution in [3.05, 3.63) is 113 Å². The monoisotopic (exact) mass is 540 g/mol. The Morgan fingerprint density at radius 1 is 0.854 bits per heavy atom. The molecule has 2 unspecified atom stereocenters. The second-order valence-electron chi connectivity index (χ2n) is 10.9. The van der Waals surface area contributed by atoms with Gasteiger partial charge in [0, 0.05) is 68.8 Å². The van der Waals surface area contributed by atoms with E-state index in [1.807, 2.05) is 61.5 Å². The van der Waals surface area contributed by atoms with Gasteiger partial charge in [0.1, 0.15) is 6.04 Å². The number of anilines is 1. The van der Waals surface area contributed by atoms with Gasteiger partial charge < -0.3 is 19.4 Å². The predicted molar refractivity (Wildman–Crippen MR) is 165 cm³/mol. The molecule has 2 atom stereocenters. The van der Waals surface area contributed by atoms with Crippen molar-refractivity contribution in [2.24, 2.45) is 7.05 Å². The van der Waals surface area contributed by atoms with Crippen molar-refractivity contribution in [2.45, 2.75) is 39.4 Å². The summed E-state index contributed by atoms with van der Waals surface area (Å²) in [7, 11) is 2.05. The number of fused-ring (bicyclic) bond motifs is 5. The van der Waals surface area contributed by atoms with Gasteiger partial charge in [0.2, 0.25) is 5.91 Å². The van der Waals surface area contributed by atoms with Crippen molar-refractivity contribution in [3.8, 4) is 0 Å². The lowest BCUT2D eigenvalue weighted by molar-refractivity contribution is -0.120. The number of nitrogens with zero attached hydrogens (tertiary/aromatic N) is 3. The largest absolute Gasteiger partial charge is 0.348 e. The quantitative estimate of drug-likeness (QED) is 0.252. The number of benzene rings is 4. The lowest BCUT2D eigenvalue weighted by Gasteiger charge is -2.31. The molecule has 0 saturated heterocycles. The number of hydrogen-bond donors (Lipinski definition) is 1. The maximum absolute atomic E-state index is 13.9. The molecule has 2 aromatic heterocycles. The SMILES string of the molecule is CCn1c2ccccc2c2cc(NC(=O)C(C)N3C(=O)c4ccccc4C3c3c(C)n(C)c4ccccc34)ccc21. The van der Waals surface area contributed by atoms with Crippen molar-refractivity contribution in [2.75, 3.05) is 5.32 Å². The molecule has 6 nitrogen and oxygen atoms in total. The highest BCUT2D eigenvalue weighted by atomic mass is 16.2. The van der Waals surface area contributed by atoms with Crippen LogP contribution in [-0.2, 0) is 18.4 Å². The number of aryl methyl sites for hydroxylation is 2. The maximum Gasteiger partial charge on any atom is 0.255 e. The first kappa shape index (κ1) is 25.1. The Morgan fingerprint density at radius 3 is 2.29 bits per heavy atom. The van der Waals surface area contributed by atoms with Crippen LogP contribution in [0.3, 0.4) is 0 Å². The Morgan fingerprint density at radius 2 is 1.51 bits per heavy atom. The molecule has 204 valence electrons. The summed E-state index contributed by atoms with van der Waals surface area (Å²) in [5.74, 6) is -0.338. The molecule has 0 spiro atoms. The number of aromatic nitrogens is 2. The van der Waals surface area contributed by atoms with E-state index in [4.69, 9.17) is 0 Å². The Hall–Kier alpha value is -4.84. The van der Waals surface area contributed by atoms with Crippen LogP contribution in [0.5, 0.6) is 0 Å². The van der Waals surface area contributed by atoms with E-state index in [9.17, 15) is 9.59 Å². The average molecular weight is 541 g/mol. The van der Waals surface area contributed by atoms with E-state index in [1.54, 1.807) is 4.90 Å². The molecule has 0 aliphatic carbocycles. The van der Waals surface area contributed by atoms with E-state index in [0.29, 0.717) is 5.56 Å². The van der Waals surface area contributed by atoms with Gasteiger partial charge in [-0.05, 0) is 62.7 Å². The molecular formula is C35H32N4O2. The average Bonchev–Trinajstić information content (AvgIpc) is 3.57. The number of rotatable bonds is 5. The van der Waals surface area contributed by atoms with Crippen LogP contribution in [0.25, 0.3) is 32.7 Å². The Balaban J connectivity index is 1.29. The minimum atomic E-state index is -0.703. The zero-order valence-electron chi connectivity index (χ0n) is 23.7. The molecule has 0 bridgehead atoms. The normalized spacial score (nSPS) is 15.7. The summed E-state index contributed by atoms with van der Waals surface area (Å²) in [6.45, 7) is 6.92. The van der Waals surface area contributed by atoms with Crippen LogP contribution in [0.1, 0.15) is 47.1 Å². The van der Waals surface area contributed by atoms with Gasteiger partial charge in [-0.1, -0.05) is 54.6 Å². The third-order valence-corrected chi connectivity index (χ3v) is 8.87. The van der Waals surface area contributed by atoms with Crippen LogP contribution in [0.2, 0.25) is 0 Å². The molecule has 0 radical (unpaired) electrons.